The van der Waals surface area contributed by atoms with Crippen LogP contribution in [-0.4, -0.2) is 51.9 Å². The summed E-state index contributed by atoms with van der Waals surface area (Å²) in [7, 11) is -1.27. The molecule has 0 bridgehead atoms. The number of hydrogen-bond donors (Lipinski definition) is 1. The molecule has 8 nitrogen and oxygen atoms in total. The lowest BCUT2D eigenvalue weighted by Crippen LogP contribution is -2.51. The molecule has 202 valence electrons. The number of amides is 2. The standard InChI is InChI=1S/C27H29Cl2N3O5S/c1-4-24(27(34)30-2)31(17-19-10-8-9-13-22(19)28)26(33)18-32(20-14-15-25(37-3)23(29)16-20)38(35,36)21-11-6-5-7-12-21/h5-16,24H,4,17-18H2,1-3H3,(H,30,34)/t24-/m0/s1. The molecule has 3 aromatic carbocycles. The van der Waals surface area contributed by atoms with Crippen molar-refractivity contribution in [2.24, 2.45) is 0 Å². The largest absolute Gasteiger partial charge is 0.495 e. The van der Waals surface area contributed by atoms with Crippen molar-refractivity contribution in [1.29, 1.82) is 0 Å². The Bertz CT molecular complexity index is 1390. The van der Waals surface area contributed by atoms with Gasteiger partial charge in [0.05, 0.1) is 22.7 Å². The number of benzene rings is 3. The molecule has 0 heterocycles. The number of carbonyl (C=O) groups is 2. The molecule has 0 aliphatic heterocycles. The highest BCUT2D eigenvalue weighted by atomic mass is 35.5. The van der Waals surface area contributed by atoms with Crippen LogP contribution in [-0.2, 0) is 26.2 Å². The maximum absolute atomic E-state index is 13.9. The predicted octanol–water partition coefficient (Wildman–Crippen LogP) is 4.75. The molecule has 38 heavy (non-hydrogen) atoms. The van der Waals surface area contributed by atoms with E-state index in [4.69, 9.17) is 27.9 Å². The molecule has 2 amide bonds. The molecule has 0 aliphatic rings. The molecule has 1 N–H and O–H groups in total. The first-order valence-electron chi connectivity index (χ1n) is 11.8. The van der Waals surface area contributed by atoms with Gasteiger partial charge in [-0.15, -0.1) is 0 Å². The van der Waals surface area contributed by atoms with Crippen LogP contribution in [0.1, 0.15) is 18.9 Å². The summed E-state index contributed by atoms with van der Waals surface area (Å²) < 4.78 is 33.7. The Morgan fingerprint density at radius 2 is 1.63 bits per heavy atom. The van der Waals surface area contributed by atoms with Gasteiger partial charge in [0.25, 0.3) is 10.0 Å². The average molecular weight is 579 g/mol. The highest BCUT2D eigenvalue weighted by molar-refractivity contribution is 7.92. The zero-order chi connectivity index (χ0) is 27.9. The Morgan fingerprint density at radius 1 is 0.974 bits per heavy atom. The van der Waals surface area contributed by atoms with Crippen LogP contribution in [0.4, 0.5) is 5.69 Å². The van der Waals surface area contributed by atoms with Gasteiger partial charge in [0.1, 0.15) is 18.3 Å². The number of methoxy groups -OCH3 is 1. The van der Waals surface area contributed by atoms with Gasteiger partial charge >= 0.3 is 0 Å². The number of sulfonamides is 1. The minimum atomic E-state index is -4.20. The van der Waals surface area contributed by atoms with Crippen molar-refractivity contribution in [3.8, 4) is 5.75 Å². The Labute approximate surface area is 233 Å². The average Bonchev–Trinajstić information content (AvgIpc) is 2.92. The van der Waals surface area contributed by atoms with E-state index in [1.165, 1.54) is 49.4 Å². The third-order valence-electron chi connectivity index (χ3n) is 5.96. The molecule has 3 aromatic rings. The number of likely N-dealkylation sites (N-methyl/N-ethyl adjacent to an activating group) is 1. The number of anilines is 1. The summed E-state index contributed by atoms with van der Waals surface area (Å²) in [4.78, 5) is 28.0. The fourth-order valence-electron chi connectivity index (χ4n) is 3.96. The van der Waals surface area contributed by atoms with Crippen LogP contribution in [0.5, 0.6) is 5.75 Å². The van der Waals surface area contributed by atoms with Crippen LogP contribution in [0, 0.1) is 0 Å². The summed E-state index contributed by atoms with van der Waals surface area (Å²) in [5.41, 5.74) is 0.786. The topological polar surface area (TPSA) is 96.0 Å². The van der Waals surface area contributed by atoms with Crippen molar-refractivity contribution in [3.05, 3.63) is 88.4 Å². The van der Waals surface area contributed by atoms with Gasteiger partial charge in [0.2, 0.25) is 11.8 Å². The fraction of sp³-hybridized carbons (Fsp3) is 0.259. The molecule has 0 aliphatic carbocycles. The summed E-state index contributed by atoms with van der Waals surface area (Å²) in [6.07, 6.45) is 0.301. The maximum Gasteiger partial charge on any atom is 0.264 e. The SMILES string of the molecule is CC[C@@H](C(=O)NC)N(Cc1ccccc1Cl)C(=O)CN(c1ccc(OC)c(Cl)c1)S(=O)(=O)c1ccccc1. The fourth-order valence-corrected chi connectivity index (χ4v) is 5.83. The van der Waals surface area contributed by atoms with Gasteiger partial charge in [-0.2, -0.15) is 0 Å². The van der Waals surface area contributed by atoms with E-state index in [9.17, 15) is 18.0 Å². The van der Waals surface area contributed by atoms with Gasteiger partial charge in [0.15, 0.2) is 0 Å². The van der Waals surface area contributed by atoms with E-state index in [1.807, 2.05) is 0 Å². The smallest absolute Gasteiger partial charge is 0.264 e. The predicted molar refractivity (Wildman–Crippen MR) is 149 cm³/mol. The molecule has 0 saturated carbocycles. The lowest BCUT2D eigenvalue weighted by molar-refractivity contribution is -0.140. The van der Waals surface area contributed by atoms with Gasteiger partial charge in [-0.25, -0.2) is 8.42 Å². The van der Waals surface area contributed by atoms with E-state index in [0.29, 0.717) is 22.8 Å². The highest BCUT2D eigenvalue weighted by Crippen LogP contribution is 2.32. The van der Waals surface area contributed by atoms with E-state index in [-0.39, 0.29) is 28.1 Å². The number of halogens is 2. The number of hydrogen-bond acceptors (Lipinski definition) is 5. The van der Waals surface area contributed by atoms with Crippen molar-refractivity contribution in [1.82, 2.24) is 10.2 Å². The summed E-state index contributed by atoms with van der Waals surface area (Å²) in [6.45, 7) is 1.19. The van der Waals surface area contributed by atoms with Crippen LogP contribution >= 0.6 is 23.2 Å². The molecule has 0 spiro atoms. The number of nitrogens with zero attached hydrogens (tertiary/aromatic N) is 2. The van der Waals surface area contributed by atoms with E-state index in [2.05, 4.69) is 5.32 Å². The number of rotatable bonds is 11. The van der Waals surface area contributed by atoms with Crippen molar-refractivity contribution in [3.63, 3.8) is 0 Å². The molecular formula is C27H29Cl2N3O5S. The minimum absolute atomic E-state index is 0.00395. The first kappa shape index (κ1) is 29.3. The summed E-state index contributed by atoms with van der Waals surface area (Å²) >= 11 is 12.7. The summed E-state index contributed by atoms with van der Waals surface area (Å²) in [5.74, 6) is -0.616. The van der Waals surface area contributed by atoms with E-state index in [0.717, 1.165) is 4.31 Å². The molecule has 0 saturated heterocycles. The lowest BCUT2D eigenvalue weighted by Gasteiger charge is -2.33. The molecule has 0 aromatic heterocycles. The summed E-state index contributed by atoms with van der Waals surface area (Å²) in [6, 6.07) is 18.3. The van der Waals surface area contributed by atoms with Crippen LogP contribution in [0.3, 0.4) is 0 Å². The minimum Gasteiger partial charge on any atom is -0.495 e. The normalized spacial score (nSPS) is 11.9. The number of nitrogens with one attached hydrogen (secondary N) is 1. The Hall–Kier alpha value is -3.27. The second kappa shape index (κ2) is 13.0. The number of ether oxygens (including phenoxy) is 1. The molecule has 0 unspecified atom stereocenters. The third kappa shape index (κ3) is 6.59. The van der Waals surface area contributed by atoms with E-state index < -0.39 is 28.5 Å². The Kier molecular flexibility index (Phi) is 10.0. The van der Waals surface area contributed by atoms with Gasteiger partial charge < -0.3 is 15.0 Å². The van der Waals surface area contributed by atoms with Crippen molar-refractivity contribution in [2.75, 3.05) is 25.0 Å². The van der Waals surface area contributed by atoms with Crippen molar-refractivity contribution >= 4 is 50.7 Å². The van der Waals surface area contributed by atoms with Crippen LogP contribution < -0.4 is 14.4 Å². The highest BCUT2D eigenvalue weighted by Gasteiger charge is 2.33. The van der Waals surface area contributed by atoms with Crippen LogP contribution in [0.25, 0.3) is 0 Å². The monoisotopic (exact) mass is 577 g/mol. The van der Waals surface area contributed by atoms with Crippen LogP contribution in [0.2, 0.25) is 10.0 Å². The van der Waals surface area contributed by atoms with Gasteiger partial charge in [0, 0.05) is 18.6 Å². The maximum atomic E-state index is 13.9. The van der Waals surface area contributed by atoms with E-state index in [1.54, 1.807) is 49.4 Å². The van der Waals surface area contributed by atoms with Gasteiger partial charge in [-0.1, -0.05) is 66.5 Å². The van der Waals surface area contributed by atoms with Crippen LogP contribution in [0.15, 0.2) is 77.7 Å². The van der Waals surface area contributed by atoms with Crippen molar-refractivity contribution in [2.45, 2.75) is 30.8 Å². The second-order valence-electron chi connectivity index (χ2n) is 8.29. The molecular weight excluding hydrogens is 549 g/mol. The zero-order valence-electron chi connectivity index (χ0n) is 21.2. The van der Waals surface area contributed by atoms with Gasteiger partial charge in [-0.05, 0) is 48.4 Å². The van der Waals surface area contributed by atoms with E-state index >= 15 is 0 Å². The third-order valence-corrected chi connectivity index (χ3v) is 8.42. The quantitative estimate of drug-likeness (QED) is 0.354. The first-order valence-corrected chi connectivity index (χ1v) is 14.0. The summed E-state index contributed by atoms with van der Waals surface area (Å²) in [5, 5.41) is 3.18. The van der Waals surface area contributed by atoms with Gasteiger partial charge in [-0.3, -0.25) is 13.9 Å². The second-order valence-corrected chi connectivity index (χ2v) is 11.0. The molecule has 0 radical (unpaired) electrons. The first-order chi connectivity index (χ1) is 18.1. The Balaban J connectivity index is 2.09. The molecule has 11 heteroatoms. The molecule has 3 rings (SSSR count). The molecule has 1 atom stereocenters. The number of carbonyl (C=O) groups excluding carboxylic acids is 2. The zero-order valence-corrected chi connectivity index (χ0v) is 23.6. The van der Waals surface area contributed by atoms with Crippen molar-refractivity contribution < 1.29 is 22.7 Å². The molecule has 0 fully saturated rings. The lowest BCUT2D eigenvalue weighted by atomic mass is 10.1. The Morgan fingerprint density at radius 3 is 2.21 bits per heavy atom.